The monoisotopic (exact) mass is 505 g/mol. The van der Waals surface area contributed by atoms with E-state index in [0.29, 0.717) is 11.8 Å². The number of likely N-dealkylation sites (N-methyl/N-ethyl adjacent to an activating group) is 1. The molecule has 0 fully saturated rings. The van der Waals surface area contributed by atoms with E-state index in [4.69, 9.17) is 0 Å². The molecule has 0 radical (unpaired) electrons. The van der Waals surface area contributed by atoms with E-state index in [1.165, 1.54) is 22.3 Å². The summed E-state index contributed by atoms with van der Waals surface area (Å²) in [7, 11) is 6.81. The Hall–Kier alpha value is -3.24. The van der Waals surface area contributed by atoms with Crippen molar-refractivity contribution in [2.24, 2.45) is 5.92 Å². The minimum Gasteiger partial charge on any atom is -0.302 e. The summed E-state index contributed by atoms with van der Waals surface area (Å²) in [4.78, 5) is 7.50. The SMILES string of the molecule is CN(Cc1ccccc1)CC(CN(C)Cc1ccccc1)C(CN(C)Cc1ccccc1)c1ccccc1. The molecule has 0 aliphatic rings. The molecule has 4 aromatic rings. The zero-order valence-electron chi connectivity index (χ0n) is 23.3. The fourth-order valence-electron chi connectivity index (χ4n) is 5.55. The van der Waals surface area contributed by atoms with Crippen LogP contribution in [0.2, 0.25) is 0 Å². The molecule has 0 heterocycles. The van der Waals surface area contributed by atoms with E-state index in [1.54, 1.807) is 0 Å². The summed E-state index contributed by atoms with van der Waals surface area (Å²) in [5.41, 5.74) is 5.52. The Morgan fingerprint density at radius 3 is 1.11 bits per heavy atom. The van der Waals surface area contributed by atoms with Crippen molar-refractivity contribution >= 4 is 0 Å². The second kappa shape index (κ2) is 14.6. The topological polar surface area (TPSA) is 9.72 Å². The largest absolute Gasteiger partial charge is 0.302 e. The molecule has 4 aromatic carbocycles. The van der Waals surface area contributed by atoms with E-state index in [2.05, 4.69) is 157 Å². The quantitative estimate of drug-likeness (QED) is 0.187. The Bertz CT molecular complexity index is 1120. The highest BCUT2D eigenvalue weighted by molar-refractivity contribution is 5.22. The van der Waals surface area contributed by atoms with Gasteiger partial charge in [0.2, 0.25) is 0 Å². The van der Waals surface area contributed by atoms with Gasteiger partial charge in [0.15, 0.2) is 0 Å². The number of benzene rings is 4. The van der Waals surface area contributed by atoms with Crippen LogP contribution in [0, 0.1) is 5.92 Å². The molecule has 0 saturated heterocycles. The van der Waals surface area contributed by atoms with Crippen molar-refractivity contribution in [2.45, 2.75) is 25.6 Å². The van der Waals surface area contributed by atoms with Gasteiger partial charge in [-0.15, -0.1) is 0 Å². The molecular weight excluding hydrogens is 462 g/mol. The van der Waals surface area contributed by atoms with Gasteiger partial charge in [0.1, 0.15) is 0 Å². The van der Waals surface area contributed by atoms with E-state index in [0.717, 1.165) is 39.3 Å². The molecule has 1 atom stereocenters. The van der Waals surface area contributed by atoms with Gasteiger partial charge >= 0.3 is 0 Å². The van der Waals surface area contributed by atoms with E-state index in [1.807, 2.05) is 0 Å². The van der Waals surface area contributed by atoms with Gasteiger partial charge in [-0.3, -0.25) is 0 Å². The predicted octanol–water partition coefficient (Wildman–Crippen LogP) is 6.78. The Labute approximate surface area is 230 Å². The lowest BCUT2D eigenvalue weighted by Crippen LogP contribution is -2.40. The van der Waals surface area contributed by atoms with Gasteiger partial charge in [0.25, 0.3) is 0 Å². The normalized spacial score (nSPS) is 12.5. The molecule has 1 unspecified atom stereocenters. The second-order valence-electron chi connectivity index (χ2n) is 10.8. The molecule has 3 heteroatoms. The van der Waals surface area contributed by atoms with Gasteiger partial charge in [-0.1, -0.05) is 121 Å². The van der Waals surface area contributed by atoms with Gasteiger partial charge in [0, 0.05) is 45.2 Å². The lowest BCUT2D eigenvalue weighted by atomic mass is 9.84. The first-order chi connectivity index (χ1) is 18.6. The summed E-state index contributed by atoms with van der Waals surface area (Å²) in [5, 5.41) is 0. The number of rotatable bonds is 14. The van der Waals surface area contributed by atoms with Crippen LogP contribution in [0.25, 0.3) is 0 Å². The summed E-state index contributed by atoms with van der Waals surface area (Å²) in [6.07, 6.45) is 0. The van der Waals surface area contributed by atoms with Crippen LogP contribution < -0.4 is 0 Å². The van der Waals surface area contributed by atoms with Crippen LogP contribution in [0.3, 0.4) is 0 Å². The van der Waals surface area contributed by atoms with E-state index in [-0.39, 0.29) is 0 Å². The molecule has 0 aromatic heterocycles. The highest BCUT2D eigenvalue weighted by Gasteiger charge is 2.27. The molecule has 0 amide bonds. The van der Waals surface area contributed by atoms with Crippen molar-refractivity contribution in [3.05, 3.63) is 144 Å². The molecule has 3 nitrogen and oxygen atoms in total. The zero-order valence-corrected chi connectivity index (χ0v) is 23.3. The highest BCUT2D eigenvalue weighted by atomic mass is 15.1. The summed E-state index contributed by atoms with van der Waals surface area (Å²) < 4.78 is 0. The van der Waals surface area contributed by atoms with Gasteiger partial charge in [-0.2, -0.15) is 0 Å². The Kier molecular flexibility index (Phi) is 10.7. The van der Waals surface area contributed by atoms with Crippen LogP contribution in [0.4, 0.5) is 0 Å². The van der Waals surface area contributed by atoms with Gasteiger partial charge in [0.05, 0.1) is 0 Å². The highest BCUT2D eigenvalue weighted by Crippen LogP contribution is 2.29. The third kappa shape index (κ3) is 8.95. The summed E-state index contributed by atoms with van der Waals surface area (Å²) >= 11 is 0. The Morgan fingerprint density at radius 1 is 0.421 bits per heavy atom. The third-order valence-corrected chi connectivity index (χ3v) is 7.28. The molecular formula is C35H43N3. The minimum absolute atomic E-state index is 0.418. The Morgan fingerprint density at radius 2 is 0.737 bits per heavy atom. The molecule has 0 N–H and O–H groups in total. The molecule has 0 spiro atoms. The fourth-order valence-corrected chi connectivity index (χ4v) is 5.55. The van der Waals surface area contributed by atoms with Crippen LogP contribution in [0.1, 0.15) is 28.2 Å². The average Bonchev–Trinajstić information content (AvgIpc) is 2.93. The number of hydrogen-bond acceptors (Lipinski definition) is 3. The lowest BCUT2D eigenvalue weighted by molar-refractivity contribution is 0.162. The van der Waals surface area contributed by atoms with Crippen LogP contribution in [-0.4, -0.2) is 55.5 Å². The first-order valence-electron chi connectivity index (χ1n) is 13.8. The smallest absolute Gasteiger partial charge is 0.0230 e. The van der Waals surface area contributed by atoms with Crippen molar-refractivity contribution in [3.63, 3.8) is 0 Å². The fraction of sp³-hybridized carbons (Fsp3) is 0.314. The standard InChI is InChI=1S/C35H43N3/c1-36(24-30-16-8-4-9-17-30)27-34(28-37(2)25-31-18-10-5-11-19-31)35(33-22-14-7-15-23-33)29-38(3)26-32-20-12-6-13-21-32/h4-23,34-35H,24-29H2,1-3H3. The van der Waals surface area contributed by atoms with E-state index < -0.39 is 0 Å². The van der Waals surface area contributed by atoms with Crippen LogP contribution >= 0.6 is 0 Å². The van der Waals surface area contributed by atoms with Crippen molar-refractivity contribution < 1.29 is 0 Å². The summed E-state index contributed by atoms with van der Waals surface area (Å²) in [6, 6.07) is 43.7. The maximum atomic E-state index is 2.50. The molecule has 0 saturated carbocycles. The second-order valence-corrected chi connectivity index (χ2v) is 10.8. The minimum atomic E-state index is 0.418. The molecule has 0 bridgehead atoms. The van der Waals surface area contributed by atoms with Crippen molar-refractivity contribution in [2.75, 3.05) is 40.8 Å². The first-order valence-corrected chi connectivity index (χ1v) is 13.8. The lowest BCUT2D eigenvalue weighted by Gasteiger charge is -2.36. The molecule has 4 rings (SSSR count). The number of hydrogen-bond donors (Lipinski definition) is 0. The third-order valence-electron chi connectivity index (χ3n) is 7.28. The predicted molar refractivity (Wildman–Crippen MR) is 161 cm³/mol. The van der Waals surface area contributed by atoms with Gasteiger partial charge in [-0.05, 0) is 49.3 Å². The van der Waals surface area contributed by atoms with Crippen molar-refractivity contribution in [3.8, 4) is 0 Å². The number of nitrogens with zero attached hydrogens (tertiary/aromatic N) is 3. The molecule has 0 aliphatic carbocycles. The van der Waals surface area contributed by atoms with Gasteiger partial charge < -0.3 is 14.7 Å². The van der Waals surface area contributed by atoms with Crippen LogP contribution in [0.15, 0.2) is 121 Å². The van der Waals surface area contributed by atoms with Crippen molar-refractivity contribution in [1.29, 1.82) is 0 Å². The summed E-state index contributed by atoms with van der Waals surface area (Å²) in [6.45, 7) is 5.96. The maximum absolute atomic E-state index is 2.50. The molecule has 198 valence electrons. The van der Waals surface area contributed by atoms with Gasteiger partial charge in [-0.25, -0.2) is 0 Å². The van der Waals surface area contributed by atoms with E-state index >= 15 is 0 Å². The summed E-state index contributed by atoms with van der Waals surface area (Å²) in [5.74, 6) is 0.888. The van der Waals surface area contributed by atoms with Crippen LogP contribution in [-0.2, 0) is 19.6 Å². The maximum Gasteiger partial charge on any atom is 0.0230 e. The first kappa shape index (κ1) is 27.8. The molecule has 0 aliphatic heterocycles. The van der Waals surface area contributed by atoms with E-state index in [9.17, 15) is 0 Å². The zero-order chi connectivity index (χ0) is 26.6. The Balaban J connectivity index is 1.55. The van der Waals surface area contributed by atoms with Crippen LogP contribution in [0.5, 0.6) is 0 Å². The molecule has 38 heavy (non-hydrogen) atoms. The van der Waals surface area contributed by atoms with Crippen molar-refractivity contribution in [1.82, 2.24) is 14.7 Å². The average molecular weight is 506 g/mol.